The summed E-state index contributed by atoms with van der Waals surface area (Å²) in [5.41, 5.74) is 0.503. The van der Waals surface area contributed by atoms with E-state index in [1.807, 2.05) is 16.9 Å². The standard InChI is InChI=1S/C41H56ClF2N5O7S/c1-27-19-31(42)20-28-7-3-6-16-49-23-29-9-13-33(29)36(55-18-17-48-25-40(43,44)26-48)8-4-5-15-47(2)38(50)22-41(52,39(51)46-57(53,54)45-32-11-12-32)30-10-14-37(35(49)21-30)56-24-34(27)28/h4,8,10,14,20-21,27,29,32-33,36,45,52H,3,5-7,9,11-13,15-19,22-26H2,1-2H3,(H,46,51)/b8-4+/t27?,29-,33+,36-,41+/m0/s1. The van der Waals surface area contributed by atoms with E-state index in [1.54, 1.807) is 24.1 Å². The average molecular weight is 836 g/mol. The van der Waals surface area contributed by atoms with Crippen LogP contribution in [0, 0.1) is 17.8 Å². The average Bonchev–Trinajstić information content (AvgIpc) is 3.93. The first-order valence-electron chi connectivity index (χ1n) is 20.4. The third-order valence-electron chi connectivity index (χ3n) is 12.4. The highest BCUT2D eigenvalue weighted by Crippen LogP contribution is 2.44. The Bertz CT molecular complexity index is 1880. The van der Waals surface area contributed by atoms with Crippen LogP contribution in [-0.2, 0) is 30.1 Å². The van der Waals surface area contributed by atoms with Crippen LogP contribution in [0.2, 0.25) is 0 Å². The largest absolute Gasteiger partial charge is 0.487 e. The van der Waals surface area contributed by atoms with Crippen LogP contribution >= 0.6 is 11.6 Å². The molecule has 2 saturated carbocycles. The summed E-state index contributed by atoms with van der Waals surface area (Å²) in [5, 5.41) is 13.2. The lowest BCUT2D eigenvalue weighted by Crippen LogP contribution is -2.57. The highest BCUT2D eigenvalue weighted by molar-refractivity contribution is 7.88. The first-order valence-corrected chi connectivity index (χ1v) is 22.2. The van der Waals surface area contributed by atoms with Crippen molar-refractivity contribution >= 4 is 39.3 Å². The van der Waals surface area contributed by atoms with Crippen LogP contribution in [0.25, 0.3) is 0 Å². The first kappa shape index (κ1) is 42.1. The molecule has 3 fully saturated rings. The van der Waals surface area contributed by atoms with Gasteiger partial charge < -0.3 is 24.4 Å². The normalized spacial score (nSPS) is 30.7. The highest BCUT2D eigenvalue weighted by atomic mass is 35.5. The number of carbonyl (C=O) groups is 2. The van der Waals surface area contributed by atoms with Crippen molar-refractivity contribution in [2.45, 2.75) is 94.8 Å². The molecule has 1 aromatic carbocycles. The van der Waals surface area contributed by atoms with Crippen LogP contribution in [0.15, 0.2) is 52.6 Å². The van der Waals surface area contributed by atoms with E-state index < -0.39 is 40.0 Å². The molecule has 6 aliphatic rings. The van der Waals surface area contributed by atoms with Gasteiger partial charge in [-0.25, -0.2) is 13.5 Å². The minimum atomic E-state index is -4.33. The number of allylic oxidation sites excluding steroid dienone is 3. The van der Waals surface area contributed by atoms with Gasteiger partial charge in [0.1, 0.15) is 12.4 Å². The van der Waals surface area contributed by atoms with E-state index in [2.05, 4.69) is 22.6 Å². The molecule has 2 bridgehead atoms. The van der Waals surface area contributed by atoms with Gasteiger partial charge in [-0.15, -0.1) is 0 Å². The van der Waals surface area contributed by atoms with Gasteiger partial charge in [0.05, 0.1) is 37.9 Å². The van der Waals surface area contributed by atoms with Crippen molar-refractivity contribution < 1.29 is 41.4 Å². The predicted molar refractivity (Wildman–Crippen MR) is 213 cm³/mol. The lowest BCUT2D eigenvalue weighted by molar-refractivity contribution is -0.148. The summed E-state index contributed by atoms with van der Waals surface area (Å²) < 4.78 is 70.5. The topological polar surface area (TPSA) is 141 Å². The van der Waals surface area contributed by atoms with Crippen molar-refractivity contribution in [3.05, 3.63) is 58.2 Å². The fraction of sp³-hybridized carbons (Fsp3) is 0.659. The van der Waals surface area contributed by atoms with Gasteiger partial charge in [-0.1, -0.05) is 36.7 Å². The number of carbonyl (C=O) groups excluding carboxylic acids is 2. The van der Waals surface area contributed by atoms with Gasteiger partial charge in [0, 0.05) is 44.3 Å². The molecule has 0 radical (unpaired) electrons. The Kier molecular flexibility index (Phi) is 12.7. The third-order valence-corrected chi connectivity index (χ3v) is 13.8. The number of rotatable bonds is 8. The lowest BCUT2D eigenvalue weighted by atomic mass is 9.70. The molecule has 3 N–H and O–H groups in total. The predicted octanol–water partition coefficient (Wildman–Crippen LogP) is 4.99. The van der Waals surface area contributed by atoms with E-state index in [-0.39, 0.29) is 55.1 Å². The number of hydrogen-bond donors (Lipinski definition) is 3. The van der Waals surface area contributed by atoms with Crippen LogP contribution in [0.4, 0.5) is 14.5 Å². The number of alkyl halides is 2. The molecule has 3 aliphatic heterocycles. The summed E-state index contributed by atoms with van der Waals surface area (Å²) in [4.78, 5) is 33.1. The van der Waals surface area contributed by atoms with E-state index in [4.69, 9.17) is 21.1 Å². The maximum atomic E-state index is 14.0. The highest BCUT2D eigenvalue weighted by Gasteiger charge is 2.46. The number of hydrogen-bond acceptors (Lipinski definition) is 9. The molecule has 314 valence electrons. The number of amides is 2. The molecule has 16 heteroatoms. The summed E-state index contributed by atoms with van der Waals surface area (Å²) in [6, 6.07) is 4.62. The smallest absolute Gasteiger partial charge is 0.301 e. The van der Waals surface area contributed by atoms with Gasteiger partial charge in [-0.3, -0.25) is 14.5 Å². The van der Waals surface area contributed by atoms with Crippen molar-refractivity contribution in [3.8, 4) is 5.75 Å². The molecule has 12 nitrogen and oxygen atoms in total. The van der Waals surface area contributed by atoms with Gasteiger partial charge in [0.15, 0.2) is 5.60 Å². The SMILES string of the molecule is CC1CC(Cl)=CC2=C1COc1ccc3cc1N(CCCC2)C[C@@H]1CC[C@H]1[C@@H](OCCN1CC(F)(F)C1)/C=C/CCN(C)C(=O)C[C@]3(O)C(=O)NS(=O)(=O)NC1CC1. The van der Waals surface area contributed by atoms with Gasteiger partial charge in [-0.2, -0.15) is 13.1 Å². The second-order valence-electron chi connectivity index (χ2n) is 16.9. The molecule has 2 amide bonds. The maximum absolute atomic E-state index is 14.0. The van der Waals surface area contributed by atoms with Crippen LogP contribution in [-0.4, -0.2) is 113 Å². The molecule has 57 heavy (non-hydrogen) atoms. The second-order valence-corrected chi connectivity index (χ2v) is 18.9. The second kappa shape index (κ2) is 17.3. The third kappa shape index (κ3) is 10.2. The van der Waals surface area contributed by atoms with Crippen LogP contribution in [0.1, 0.15) is 76.7 Å². The maximum Gasteiger partial charge on any atom is 0.301 e. The number of likely N-dealkylation sites (tertiary alicyclic amines) is 1. The molecule has 3 heterocycles. The quantitative estimate of drug-likeness (QED) is 0.310. The molecule has 1 saturated heterocycles. The summed E-state index contributed by atoms with van der Waals surface area (Å²) in [7, 11) is -2.75. The van der Waals surface area contributed by atoms with Crippen molar-refractivity contribution in [2.24, 2.45) is 17.8 Å². The number of benzene rings is 1. The van der Waals surface area contributed by atoms with Gasteiger partial charge in [0.2, 0.25) is 5.91 Å². The van der Waals surface area contributed by atoms with Crippen molar-refractivity contribution in [1.29, 1.82) is 0 Å². The Labute approximate surface area is 339 Å². The van der Waals surface area contributed by atoms with Crippen molar-refractivity contribution in [1.82, 2.24) is 19.2 Å². The zero-order chi connectivity index (χ0) is 40.5. The van der Waals surface area contributed by atoms with E-state index in [0.717, 1.165) is 43.6 Å². The van der Waals surface area contributed by atoms with Crippen molar-refractivity contribution in [2.75, 3.05) is 64.4 Å². The Balaban J connectivity index is 1.24. The summed E-state index contributed by atoms with van der Waals surface area (Å²) in [6.07, 6.45) is 11.9. The summed E-state index contributed by atoms with van der Waals surface area (Å²) >= 11 is 6.56. The molecule has 5 atom stereocenters. The number of nitrogens with one attached hydrogen (secondary N) is 2. The van der Waals surface area contributed by atoms with E-state index >= 15 is 0 Å². The molecular formula is C41H56ClF2N5O7S. The fourth-order valence-corrected chi connectivity index (χ4v) is 10.2. The Morgan fingerprint density at radius 2 is 1.93 bits per heavy atom. The number of ether oxygens (including phenoxy) is 2. The number of aliphatic hydroxyl groups is 1. The lowest BCUT2D eigenvalue weighted by Gasteiger charge is -2.44. The zero-order valence-corrected chi connectivity index (χ0v) is 34.4. The number of anilines is 1. The van der Waals surface area contributed by atoms with E-state index in [9.17, 15) is 31.9 Å². The minimum Gasteiger partial charge on any atom is -0.487 e. The molecule has 1 unspecified atom stereocenters. The number of nitrogens with zero attached hydrogens (tertiary/aromatic N) is 3. The Morgan fingerprint density at radius 3 is 2.65 bits per heavy atom. The van der Waals surface area contributed by atoms with Gasteiger partial charge in [-0.05, 0) is 110 Å². The molecule has 0 spiro atoms. The molecular weight excluding hydrogens is 780 g/mol. The van der Waals surface area contributed by atoms with E-state index in [1.165, 1.54) is 22.1 Å². The number of halogens is 3. The molecule has 7 rings (SSSR count). The summed E-state index contributed by atoms with van der Waals surface area (Å²) in [6.45, 7) is 4.16. The van der Waals surface area contributed by atoms with Crippen LogP contribution < -0.4 is 19.1 Å². The Hall–Kier alpha value is -3.08. The zero-order valence-electron chi connectivity index (χ0n) is 32.9. The Morgan fingerprint density at radius 1 is 1.14 bits per heavy atom. The van der Waals surface area contributed by atoms with E-state index in [0.29, 0.717) is 63.5 Å². The van der Waals surface area contributed by atoms with Crippen molar-refractivity contribution in [3.63, 3.8) is 0 Å². The monoisotopic (exact) mass is 835 g/mol. The molecule has 0 aromatic heterocycles. The summed E-state index contributed by atoms with van der Waals surface area (Å²) in [5.74, 6) is -3.37. The van der Waals surface area contributed by atoms with Gasteiger partial charge >= 0.3 is 10.2 Å². The van der Waals surface area contributed by atoms with Crippen LogP contribution in [0.5, 0.6) is 5.75 Å². The molecule has 1 aromatic rings. The molecule has 3 aliphatic carbocycles. The fourth-order valence-electron chi connectivity index (χ4n) is 8.66. The first-order chi connectivity index (χ1) is 27.1. The van der Waals surface area contributed by atoms with Crippen LogP contribution in [0.3, 0.4) is 0 Å². The minimum absolute atomic E-state index is 0.0705. The number of fused-ring (bicyclic) bond motifs is 2. The van der Waals surface area contributed by atoms with Gasteiger partial charge in [0.25, 0.3) is 11.8 Å².